The molecule has 0 amide bonds. The third kappa shape index (κ3) is 3.00. The lowest BCUT2D eigenvalue weighted by Crippen LogP contribution is -1.99. The first-order chi connectivity index (χ1) is 12.7. The standard InChI is InChI=1S/C22H16N2O2/c25-22(26)20(13-18-14-24-21-19(18)7-4-12-23-21)17-10-8-16(9-11-17)15-5-2-1-3-6-15/h1-14H,(H,23,24)(H,25,26). The van der Waals surface area contributed by atoms with E-state index < -0.39 is 5.97 Å². The highest BCUT2D eigenvalue weighted by atomic mass is 16.4. The number of benzene rings is 2. The maximum atomic E-state index is 11.8. The summed E-state index contributed by atoms with van der Waals surface area (Å²) in [6.07, 6.45) is 5.16. The van der Waals surface area contributed by atoms with Crippen LogP contribution in [-0.2, 0) is 4.79 Å². The molecule has 0 spiro atoms. The third-order valence-corrected chi connectivity index (χ3v) is 4.32. The van der Waals surface area contributed by atoms with Gasteiger partial charge in [0.15, 0.2) is 0 Å². The van der Waals surface area contributed by atoms with Crippen molar-refractivity contribution in [3.05, 3.63) is 90.3 Å². The molecule has 4 rings (SSSR count). The van der Waals surface area contributed by atoms with Gasteiger partial charge in [-0.15, -0.1) is 0 Å². The van der Waals surface area contributed by atoms with E-state index in [2.05, 4.69) is 9.97 Å². The first kappa shape index (κ1) is 15.8. The molecule has 0 atom stereocenters. The van der Waals surface area contributed by atoms with E-state index in [9.17, 15) is 9.90 Å². The third-order valence-electron chi connectivity index (χ3n) is 4.32. The highest BCUT2D eigenvalue weighted by molar-refractivity contribution is 6.21. The van der Waals surface area contributed by atoms with Gasteiger partial charge in [-0.25, -0.2) is 9.78 Å². The number of rotatable bonds is 4. The number of hydrogen-bond acceptors (Lipinski definition) is 2. The van der Waals surface area contributed by atoms with Crippen LogP contribution in [0, 0.1) is 0 Å². The van der Waals surface area contributed by atoms with Gasteiger partial charge in [0.05, 0.1) is 5.57 Å². The summed E-state index contributed by atoms with van der Waals surface area (Å²) in [5.41, 5.74) is 4.60. The molecule has 0 bridgehead atoms. The van der Waals surface area contributed by atoms with Crippen molar-refractivity contribution in [3.63, 3.8) is 0 Å². The second kappa shape index (κ2) is 6.69. The average molecular weight is 340 g/mol. The predicted molar refractivity (Wildman–Crippen MR) is 103 cm³/mol. The van der Waals surface area contributed by atoms with Crippen LogP contribution in [-0.4, -0.2) is 21.0 Å². The molecule has 0 fully saturated rings. The van der Waals surface area contributed by atoms with Crippen LogP contribution in [0.2, 0.25) is 0 Å². The van der Waals surface area contributed by atoms with Crippen LogP contribution >= 0.6 is 0 Å². The smallest absolute Gasteiger partial charge is 0.336 e. The maximum Gasteiger partial charge on any atom is 0.336 e. The molecule has 0 radical (unpaired) electrons. The Bertz CT molecular complexity index is 1090. The summed E-state index contributed by atoms with van der Waals surface area (Å²) in [6.45, 7) is 0. The molecule has 4 heteroatoms. The number of nitrogens with one attached hydrogen (secondary N) is 1. The fraction of sp³-hybridized carbons (Fsp3) is 0. The van der Waals surface area contributed by atoms with Gasteiger partial charge in [-0.2, -0.15) is 0 Å². The van der Waals surface area contributed by atoms with Crippen LogP contribution in [0.3, 0.4) is 0 Å². The van der Waals surface area contributed by atoms with Crippen molar-refractivity contribution >= 4 is 28.7 Å². The normalized spacial score (nSPS) is 11.6. The SMILES string of the molecule is O=C(O)C(=Cc1c[nH]c2ncccc12)c1ccc(-c2ccccc2)cc1. The minimum atomic E-state index is -0.962. The van der Waals surface area contributed by atoms with Crippen molar-refractivity contribution < 1.29 is 9.90 Å². The Kier molecular flexibility index (Phi) is 4.07. The number of aromatic amines is 1. The van der Waals surface area contributed by atoms with Crippen molar-refractivity contribution in [3.8, 4) is 11.1 Å². The van der Waals surface area contributed by atoms with Gasteiger partial charge in [-0.1, -0.05) is 54.6 Å². The van der Waals surface area contributed by atoms with Crippen molar-refractivity contribution in [2.45, 2.75) is 0 Å². The van der Waals surface area contributed by atoms with E-state index in [4.69, 9.17) is 0 Å². The van der Waals surface area contributed by atoms with Gasteiger partial charge in [0.2, 0.25) is 0 Å². The molecule has 4 nitrogen and oxygen atoms in total. The van der Waals surface area contributed by atoms with E-state index in [1.54, 1.807) is 18.5 Å². The van der Waals surface area contributed by atoms with Gasteiger partial charge < -0.3 is 10.1 Å². The number of fused-ring (bicyclic) bond motifs is 1. The molecule has 0 aliphatic carbocycles. The number of aromatic nitrogens is 2. The number of hydrogen-bond donors (Lipinski definition) is 2. The molecule has 0 aliphatic rings. The van der Waals surface area contributed by atoms with Gasteiger partial charge >= 0.3 is 5.97 Å². The van der Waals surface area contributed by atoms with E-state index >= 15 is 0 Å². The maximum absolute atomic E-state index is 11.8. The van der Waals surface area contributed by atoms with Gasteiger partial charge in [-0.3, -0.25) is 0 Å². The zero-order chi connectivity index (χ0) is 17.9. The first-order valence-corrected chi connectivity index (χ1v) is 8.25. The number of aliphatic carboxylic acids is 1. The van der Waals surface area contributed by atoms with E-state index in [1.807, 2.05) is 66.7 Å². The Morgan fingerprint density at radius 2 is 1.65 bits per heavy atom. The molecule has 2 aromatic carbocycles. The number of pyridine rings is 1. The highest BCUT2D eigenvalue weighted by Gasteiger charge is 2.12. The summed E-state index contributed by atoms with van der Waals surface area (Å²) in [4.78, 5) is 19.1. The van der Waals surface area contributed by atoms with E-state index in [0.29, 0.717) is 5.56 Å². The molecule has 4 aromatic rings. The summed E-state index contributed by atoms with van der Waals surface area (Å²) in [5.74, 6) is -0.962. The summed E-state index contributed by atoms with van der Waals surface area (Å²) >= 11 is 0. The summed E-state index contributed by atoms with van der Waals surface area (Å²) < 4.78 is 0. The average Bonchev–Trinajstić information content (AvgIpc) is 3.10. The van der Waals surface area contributed by atoms with Crippen molar-refractivity contribution in [2.75, 3.05) is 0 Å². The topological polar surface area (TPSA) is 66.0 Å². The van der Waals surface area contributed by atoms with Gasteiger partial charge in [0.25, 0.3) is 0 Å². The van der Waals surface area contributed by atoms with Crippen LogP contribution in [0.25, 0.3) is 33.8 Å². The monoisotopic (exact) mass is 340 g/mol. The number of nitrogens with zero attached hydrogens (tertiary/aromatic N) is 1. The largest absolute Gasteiger partial charge is 0.478 e. The zero-order valence-corrected chi connectivity index (χ0v) is 13.9. The van der Waals surface area contributed by atoms with E-state index in [-0.39, 0.29) is 5.57 Å². The van der Waals surface area contributed by atoms with E-state index in [0.717, 1.165) is 27.7 Å². The minimum Gasteiger partial charge on any atom is -0.478 e. The van der Waals surface area contributed by atoms with Crippen LogP contribution in [0.15, 0.2) is 79.1 Å². The summed E-state index contributed by atoms with van der Waals surface area (Å²) in [6, 6.07) is 21.3. The zero-order valence-electron chi connectivity index (χ0n) is 13.9. The van der Waals surface area contributed by atoms with Crippen LogP contribution in [0.1, 0.15) is 11.1 Å². The number of H-pyrrole nitrogens is 1. The molecular formula is C22H16N2O2. The van der Waals surface area contributed by atoms with E-state index in [1.165, 1.54) is 0 Å². The van der Waals surface area contributed by atoms with Gasteiger partial charge in [0.1, 0.15) is 5.65 Å². The quantitative estimate of drug-likeness (QED) is 0.522. The Balaban J connectivity index is 1.74. The lowest BCUT2D eigenvalue weighted by atomic mass is 9.99. The Morgan fingerprint density at radius 3 is 2.38 bits per heavy atom. The minimum absolute atomic E-state index is 0.245. The molecule has 0 aliphatic heterocycles. The molecule has 0 saturated carbocycles. The van der Waals surface area contributed by atoms with Crippen molar-refractivity contribution in [1.82, 2.24) is 9.97 Å². The number of carbonyl (C=O) groups is 1. The van der Waals surface area contributed by atoms with Crippen LogP contribution in [0.4, 0.5) is 0 Å². The van der Waals surface area contributed by atoms with Crippen LogP contribution < -0.4 is 0 Å². The van der Waals surface area contributed by atoms with Gasteiger partial charge in [-0.05, 0) is 34.9 Å². The second-order valence-corrected chi connectivity index (χ2v) is 5.95. The molecule has 2 N–H and O–H groups in total. The summed E-state index contributed by atoms with van der Waals surface area (Å²) in [7, 11) is 0. The fourth-order valence-electron chi connectivity index (χ4n) is 2.99. The van der Waals surface area contributed by atoms with Crippen molar-refractivity contribution in [2.24, 2.45) is 0 Å². The molecule has 0 saturated heterocycles. The molecule has 126 valence electrons. The fourth-order valence-corrected chi connectivity index (χ4v) is 2.99. The number of carboxylic acids is 1. The molecular weight excluding hydrogens is 324 g/mol. The highest BCUT2D eigenvalue weighted by Crippen LogP contribution is 2.26. The van der Waals surface area contributed by atoms with Gasteiger partial charge in [0, 0.05) is 23.3 Å². The lowest BCUT2D eigenvalue weighted by Gasteiger charge is -2.06. The first-order valence-electron chi connectivity index (χ1n) is 8.25. The second-order valence-electron chi connectivity index (χ2n) is 5.95. The Hall–Kier alpha value is -3.66. The Morgan fingerprint density at radius 1 is 0.923 bits per heavy atom. The number of carboxylic acid groups (broad SMARTS) is 1. The lowest BCUT2D eigenvalue weighted by molar-refractivity contribution is -0.130. The van der Waals surface area contributed by atoms with Crippen LogP contribution in [0.5, 0.6) is 0 Å². The van der Waals surface area contributed by atoms with Crippen molar-refractivity contribution in [1.29, 1.82) is 0 Å². The molecule has 0 unspecified atom stereocenters. The predicted octanol–water partition coefficient (Wildman–Crippen LogP) is 4.86. The summed E-state index contributed by atoms with van der Waals surface area (Å²) in [5, 5.41) is 10.6. The Labute approximate surface area is 150 Å². The molecule has 2 heterocycles. The molecule has 26 heavy (non-hydrogen) atoms. The molecule has 2 aromatic heterocycles.